The summed E-state index contributed by atoms with van der Waals surface area (Å²) in [5.74, 6) is -1.77. The van der Waals surface area contributed by atoms with Gasteiger partial charge in [-0.15, -0.1) is 0 Å². The maximum atomic E-state index is 11.2. The average molecular weight is 193 g/mol. The van der Waals surface area contributed by atoms with E-state index in [1.54, 1.807) is 0 Å². The Balaban J connectivity index is 2.25. The fraction of sp³-hybridized carbons (Fsp3) is 0.400. The van der Waals surface area contributed by atoms with Crippen molar-refractivity contribution in [2.24, 2.45) is 11.8 Å². The SMILES string of the molecule is O=C1CC(C(=O)O)C2C=CC=CC2N1. The summed E-state index contributed by atoms with van der Waals surface area (Å²) >= 11 is 0. The molecule has 4 nitrogen and oxygen atoms in total. The maximum Gasteiger partial charge on any atom is 0.307 e. The normalized spacial score (nSPS) is 34.9. The van der Waals surface area contributed by atoms with Crippen LogP contribution in [0, 0.1) is 11.8 Å². The number of fused-ring (bicyclic) bond motifs is 1. The zero-order valence-electron chi connectivity index (χ0n) is 7.51. The summed E-state index contributed by atoms with van der Waals surface area (Å²) in [4.78, 5) is 22.1. The van der Waals surface area contributed by atoms with Crippen molar-refractivity contribution in [1.82, 2.24) is 5.32 Å². The highest BCUT2D eigenvalue weighted by Gasteiger charge is 2.38. The van der Waals surface area contributed by atoms with Crippen molar-refractivity contribution in [2.75, 3.05) is 0 Å². The minimum Gasteiger partial charge on any atom is -0.481 e. The molecule has 1 saturated heterocycles. The second-order valence-electron chi connectivity index (χ2n) is 3.59. The number of nitrogens with one attached hydrogen (secondary N) is 1. The molecule has 1 fully saturated rings. The Bertz CT molecular complexity index is 330. The van der Waals surface area contributed by atoms with Crippen LogP contribution in [0.2, 0.25) is 0 Å². The van der Waals surface area contributed by atoms with Crippen LogP contribution in [0.15, 0.2) is 24.3 Å². The summed E-state index contributed by atoms with van der Waals surface area (Å²) in [5.41, 5.74) is 0. The van der Waals surface area contributed by atoms with Crippen LogP contribution in [-0.2, 0) is 9.59 Å². The molecule has 0 bridgehead atoms. The van der Waals surface area contributed by atoms with Crippen molar-refractivity contribution in [3.63, 3.8) is 0 Å². The highest BCUT2D eigenvalue weighted by molar-refractivity contribution is 5.84. The Morgan fingerprint density at radius 2 is 2.14 bits per heavy atom. The number of hydrogen-bond donors (Lipinski definition) is 2. The van der Waals surface area contributed by atoms with E-state index in [4.69, 9.17) is 5.11 Å². The Hall–Kier alpha value is -1.58. The van der Waals surface area contributed by atoms with Gasteiger partial charge >= 0.3 is 5.97 Å². The van der Waals surface area contributed by atoms with Crippen molar-refractivity contribution in [3.8, 4) is 0 Å². The van der Waals surface area contributed by atoms with Gasteiger partial charge in [-0.05, 0) is 0 Å². The number of carbonyl (C=O) groups excluding carboxylic acids is 1. The Morgan fingerprint density at radius 3 is 2.86 bits per heavy atom. The van der Waals surface area contributed by atoms with Crippen LogP contribution in [0.4, 0.5) is 0 Å². The van der Waals surface area contributed by atoms with Crippen LogP contribution in [0.5, 0.6) is 0 Å². The van der Waals surface area contributed by atoms with Gasteiger partial charge in [0.1, 0.15) is 0 Å². The van der Waals surface area contributed by atoms with Crippen LogP contribution in [0.1, 0.15) is 6.42 Å². The van der Waals surface area contributed by atoms with Gasteiger partial charge < -0.3 is 10.4 Å². The van der Waals surface area contributed by atoms with E-state index in [1.165, 1.54) is 0 Å². The first-order chi connectivity index (χ1) is 6.68. The zero-order chi connectivity index (χ0) is 10.1. The number of piperidine rings is 1. The predicted octanol–water partition coefficient (Wildman–Crippen LogP) is 0.318. The molecule has 3 atom stereocenters. The zero-order valence-corrected chi connectivity index (χ0v) is 7.51. The van der Waals surface area contributed by atoms with E-state index in [2.05, 4.69) is 5.32 Å². The second kappa shape index (κ2) is 3.29. The molecule has 74 valence electrons. The minimum atomic E-state index is -0.894. The molecule has 0 radical (unpaired) electrons. The van der Waals surface area contributed by atoms with Crippen LogP contribution in [0.3, 0.4) is 0 Å². The summed E-state index contributed by atoms with van der Waals surface area (Å²) in [6.07, 6.45) is 7.41. The van der Waals surface area contributed by atoms with Crippen LogP contribution in [-0.4, -0.2) is 23.0 Å². The molecule has 0 saturated carbocycles. The van der Waals surface area contributed by atoms with E-state index in [9.17, 15) is 9.59 Å². The molecule has 0 aromatic heterocycles. The highest BCUT2D eigenvalue weighted by Crippen LogP contribution is 2.28. The third-order valence-electron chi connectivity index (χ3n) is 2.69. The van der Waals surface area contributed by atoms with E-state index in [-0.39, 0.29) is 24.3 Å². The molecule has 2 rings (SSSR count). The molecule has 1 amide bonds. The van der Waals surface area contributed by atoms with Crippen molar-refractivity contribution in [3.05, 3.63) is 24.3 Å². The molecule has 1 heterocycles. The van der Waals surface area contributed by atoms with E-state index in [0.29, 0.717) is 0 Å². The summed E-state index contributed by atoms with van der Waals surface area (Å²) < 4.78 is 0. The van der Waals surface area contributed by atoms with Crippen molar-refractivity contribution in [1.29, 1.82) is 0 Å². The van der Waals surface area contributed by atoms with Gasteiger partial charge in [-0.25, -0.2) is 0 Å². The number of carboxylic acids is 1. The maximum absolute atomic E-state index is 11.2. The first-order valence-corrected chi connectivity index (χ1v) is 4.55. The van der Waals surface area contributed by atoms with Crippen LogP contribution in [0.25, 0.3) is 0 Å². The van der Waals surface area contributed by atoms with Crippen LogP contribution >= 0.6 is 0 Å². The average Bonchev–Trinajstić information content (AvgIpc) is 2.16. The first kappa shape index (κ1) is 8.99. The minimum absolute atomic E-state index is 0.0781. The monoisotopic (exact) mass is 193 g/mol. The van der Waals surface area contributed by atoms with Gasteiger partial charge in [0.25, 0.3) is 0 Å². The fourth-order valence-corrected chi connectivity index (χ4v) is 1.99. The van der Waals surface area contributed by atoms with Gasteiger partial charge in [0.2, 0.25) is 5.91 Å². The molecule has 1 aliphatic heterocycles. The Morgan fingerprint density at radius 1 is 1.43 bits per heavy atom. The molecule has 4 heteroatoms. The topological polar surface area (TPSA) is 66.4 Å². The number of allylic oxidation sites excluding steroid dienone is 2. The molecule has 0 aromatic rings. The number of rotatable bonds is 1. The summed E-state index contributed by atoms with van der Waals surface area (Å²) in [5, 5.41) is 11.7. The molecule has 2 N–H and O–H groups in total. The van der Waals surface area contributed by atoms with Gasteiger partial charge in [-0.1, -0.05) is 24.3 Å². The lowest BCUT2D eigenvalue weighted by Crippen LogP contribution is -2.50. The second-order valence-corrected chi connectivity index (χ2v) is 3.59. The largest absolute Gasteiger partial charge is 0.481 e. The van der Waals surface area contributed by atoms with Gasteiger partial charge in [-0.3, -0.25) is 9.59 Å². The Kier molecular flexibility index (Phi) is 2.11. The number of carbonyl (C=O) groups is 2. The molecular weight excluding hydrogens is 182 g/mol. The van der Waals surface area contributed by atoms with Gasteiger partial charge in [0.15, 0.2) is 0 Å². The molecule has 0 aromatic carbocycles. The molecule has 3 unspecified atom stereocenters. The van der Waals surface area contributed by atoms with Gasteiger partial charge in [0, 0.05) is 12.3 Å². The third kappa shape index (κ3) is 1.43. The standard InChI is InChI=1S/C10H11NO3/c12-9-5-7(10(13)14)6-3-1-2-4-8(6)11-9/h1-4,6-8H,5H2,(H,11,12)(H,13,14). The summed E-state index contributed by atoms with van der Waals surface area (Å²) in [6.45, 7) is 0. The van der Waals surface area contributed by atoms with Crippen LogP contribution < -0.4 is 5.32 Å². The first-order valence-electron chi connectivity index (χ1n) is 4.55. The van der Waals surface area contributed by atoms with Gasteiger partial charge in [-0.2, -0.15) is 0 Å². The smallest absolute Gasteiger partial charge is 0.307 e. The molecule has 0 spiro atoms. The third-order valence-corrected chi connectivity index (χ3v) is 2.69. The van der Waals surface area contributed by atoms with Crippen molar-refractivity contribution < 1.29 is 14.7 Å². The number of carboxylic acid groups (broad SMARTS) is 1. The quantitative estimate of drug-likeness (QED) is 0.630. The number of hydrogen-bond acceptors (Lipinski definition) is 2. The highest BCUT2D eigenvalue weighted by atomic mass is 16.4. The van der Waals surface area contributed by atoms with Crippen molar-refractivity contribution in [2.45, 2.75) is 12.5 Å². The Labute approximate surface area is 81.3 Å². The van der Waals surface area contributed by atoms with E-state index in [0.717, 1.165) is 0 Å². The molecule has 1 aliphatic carbocycles. The lowest BCUT2D eigenvalue weighted by atomic mass is 9.78. The lowest BCUT2D eigenvalue weighted by Gasteiger charge is -2.34. The molecule has 2 aliphatic rings. The van der Waals surface area contributed by atoms with Crippen molar-refractivity contribution >= 4 is 11.9 Å². The predicted molar refractivity (Wildman–Crippen MR) is 49.4 cm³/mol. The number of aliphatic carboxylic acids is 1. The molecule has 14 heavy (non-hydrogen) atoms. The number of amides is 1. The van der Waals surface area contributed by atoms with E-state index < -0.39 is 11.9 Å². The van der Waals surface area contributed by atoms with Gasteiger partial charge in [0.05, 0.1) is 12.0 Å². The lowest BCUT2D eigenvalue weighted by molar-refractivity contribution is -0.147. The summed E-state index contributed by atoms with van der Waals surface area (Å²) in [7, 11) is 0. The summed E-state index contributed by atoms with van der Waals surface area (Å²) in [6, 6.07) is -0.151. The van der Waals surface area contributed by atoms with E-state index in [1.807, 2.05) is 24.3 Å². The van der Waals surface area contributed by atoms with E-state index >= 15 is 0 Å². The molecular formula is C10H11NO3. The fourth-order valence-electron chi connectivity index (χ4n) is 1.99.